The number of rotatable bonds is 15. The second-order valence-corrected chi connectivity index (χ2v) is 8.63. The van der Waals surface area contributed by atoms with E-state index in [9.17, 15) is 0 Å². The molecular weight excluding hydrogens is 344 g/mol. The van der Waals surface area contributed by atoms with Crippen LogP contribution in [0.1, 0.15) is 109 Å². The van der Waals surface area contributed by atoms with Crippen LogP contribution in [0.3, 0.4) is 0 Å². The fraction of sp³-hybridized carbons (Fsp3) is 0.750. The first kappa shape index (κ1) is 22.9. The predicted octanol–water partition coefficient (Wildman–Crippen LogP) is 6.85. The SMILES string of the molecule is CCCCCCCCC(N)(CCCCCCCC)n1nnc2cc(C)ccc21. The first-order chi connectivity index (χ1) is 13.6. The van der Waals surface area contributed by atoms with Gasteiger partial charge in [0.2, 0.25) is 0 Å². The normalized spacial score (nSPS) is 12.1. The van der Waals surface area contributed by atoms with Crippen LogP contribution < -0.4 is 5.73 Å². The smallest absolute Gasteiger partial charge is 0.113 e. The number of fused-ring (bicyclic) bond motifs is 1. The lowest BCUT2D eigenvalue weighted by Gasteiger charge is -2.30. The summed E-state index contributed by atoms with van der Waals surface area (Å²) in [4.78, 5) is 0. The predicted molar refractivity (Wildman–Crippen MR) is 120 cm³/mol. The van der Waals surface area contributed by atoms with E-state index >= 15 is 0 Å². The molecule has 0 aliphatic carbocycles. The van der Waals surface area contributed by atoms with E-state index in [1.165, 1.54) is 82.6 Å². The monoisotopic (exact) mass is 386 g/mol. The van der Waals surface area contributed by atoms with Crippen molar-refractivity contribution in [3.8, 4) is 0 Å². The summed E-state index contributed by atoms with van der Waals surface area (Å²) in [6.07, 6.45) is 17.4. The number of benzene rings is 1. The second-order valence-electron chi connectivity index (χ2n) is 8.63. The zero-order valence-electron chi connectivity index (χ0n) is 18.6. The van der Waals surface area contributed by atoms with Crippen molar-refractivity contribution >= 4 is 11.0 Å². The molecular formula is C24H42N4. The molecule has 4 heteroatoms. The van der Waals surface area contributed by atoms with E-state index in [4.69, 9.17) is 5.73 Å². The van der Waals surface area contributed by atoms with Gasteiger partial charge >= 0.3 is 0 Å². The fourth-order valence-corrected chi connectivity index (χ4v) is 4.12. The molecule has 158 valence electrons. The second kappa shape index (κ2) is 12.2. The van der Waals surface area contributed by atoms with Crippen LogP contribution in [-0.4, -0.2) is 15.0 Å². The van der Waals surface area contributed by atoms with Crippen molar-refractivity contribution in [3.05, 3.63) is 23.8 Å². The minimum atomic E-state index is -0.417. The molecule has 28 heavy (non-hydrogen) atoms. The maximum absolute atomic E-state index is 7.01. The highest BCUT2D eigenvalue weighted by molar-refractivity contribution is 5.75. The van der Waals surface area contributed by atoms with Crippen molar-refractivity contribution in [1.29, 1.82) is 0 Å². The molecule has 1 aromatic heterocycles. The van der Waals surface area contributed by atoms with E-state index in [1.807, 2.05) is 4.68 Å². The Kier molecular flexibility index (Phi) is 9.97. The molecule has 2 N–H and O–H groups in total. The van der Waals surface area contributed by atoms with Gasteiger partial charge in [-0.3, -0.25) is 0 Å². The Morgan fingerprint density at radius 3 is 1.93 bits per heavy atom. The molecule has 2 aromatic rings. The van der Waals surface area contributed by atoms with Gasteiger partial charge < -0.3 is 5.73 Å². The standard InChI is InChI=1S/C24H42N4/c1-4-6-8-10-12-14-18-24(25,19-15-13-11-9-7-5-2)28-23-17-16-21(3)20-22(23)26-27-28/h16-17,20H,4-15,18-19,25H2,1-3H3. The van der Waals surface area contributed by atoms with Crippen LogP contribution in [0.15, 0.2) is 18.2 Å². The summed E-state index contributed by atoms with van der Waals surface area (Å²) in [7, 11) is 0. The Balaban J connectivity index is 2.01. The molecule has 4 nitrogen and oxygen atoms in total. The van der Waals surface area contributed by atoms with Crippen LogP contribution >= 0.6 is 0 Å². The fourth-order valence-electron chi connectivity index (χ4n) is 4.12. The van der Waals surface area contributed by atoms with E-state index in [1.54, 1.807) is 0 Å². The average molecular weight is 387 g/mol. The highest BCUT2D eigenvalue weighted by atomic mass is 15.5. The third-order valence-electron chi connectivity index (χ3n) is 5.95. The maximum atomic E-state index is 7.01. The van der Waals surface area contributed by atoms with Gasteiger partial charge in [-0.05, 0) is 50.3 Å². The zero-order valence-corrected chi connectivity index (χ0v) is 18.6. The zero-order chi connectivity index (χ0) is 20.2. The minimum Gasteiger partial charge on any atom is -0.307 e. The first-order valence-corrected chi connectivity index (χ1v) is 11.7. The number of aromatic nitrogens is 3. The molecule has 1 heterocycles. The van der Waals surface area contributed by atoms with Gasteiger partial charge in [-0.15, -0.1) is 5.10 Å². The number of hydrogen-bond donors (Lipinski definition) is 1. The van der Waals surface area contributed by atoms with Crippen LogP contribution in [0, 0.1) is 6.92 Å². The molecule has 1 aromatic carbocycles. The number of aryl methyl sites for hydroxylation is 1. The van der Waals surface area contributed by atoms with Crippen molar-refractivity contribution in [3.63, 3.8) is 0 Å². The largest absolute Gasteiger partial charge is 0.307 e. The molecule has 0 amide bonds. The minimum absolute atomic E-state index is 0.417. The number of nitrogens with two attached hydrogens (primary N) is 1. The molecule has 0 aliphatic heterocycles. The van der Waals surface area contributed by atoms with Gasteiger partial charge in [-0.2, -0.15) is 0 Å². The summed E-state index contributed by atoms with van der Waals surface area (Å²) in [5.41, 5.74) is 9.84. The highest BCUT2D eigenvalue weighted by Crippen LogP contribution is 2.28. The van der Waals surface area contributed by atoms with Crippen molar-refractivity contribution in [1.82, 2.24) is 15.0 Å². The molecule has 0 fully saturated rings. The highest BCUT2D eigenvalue weighted by Gasteiger charge is 2.29. The van der Waals surface area contributed by atoms with Gasteiger partial charge in [0.25, 0.3) is 0 Å². The van der Waals surface area contributed by atoms with Gasteiger partial charge in [0.1, 0.15) is 11.2 Å². The lowest BCUT2D eigenvalue weighted by atomic mass is 9.94. The van der Waals surface area contributed by atoms with E-state index in [-0.39, 0.29) is 0 Å². The summed E-state index contributed by atoms with van der Waals surface area (Å²) >= 11 is 0. The molecule has 0 bridgehead atoms. The Hall–Kier alpha value is -1.42. The van der Waals surface area contributed by atoms with Gasteiger partial charge in [-0.25, -0.2) is 4.68 Å². The van der Waals surface area contributed by atoms with Crippen LogP contribution in [0.4, 0.5) is 0 Å². The molecule has 0 saturated heterocycles. The van der Waals surface area contributed by atoms with Gasteiger partial charge in [0, 0.05) is 0 Å². The van der Waals surface area contributed by atoms with Crippen molar-refractivity contribution in [2.75, 3.05) is 0 Å². The maximum Gasteiger partial charge on any atom is 0.113 e. The molecule has 2 rings (SSSR count). The number of hydrogen-bond acceptors (Lipinski definition) is 3. The molecule has 0 spiro atoms. The third-order valence-corrected chi connectivity index (χ3v) is 5.95. The Labute approximate surface area is 172 Å². The molecule has 0 unspecified atom stereocenters. The molecule has 0 radical (unpaired) electrons. The summed E-state index contributed by atoms with van der Waals surface area (Å²) in [6, 6.07) is 6.38. The van der Waals surface area contributed by atoms with Crippen LogP contribution in [-0.2, 0) is 5.66 Å². The summed E-state index contributed by atoms with van der Waals surface area (Å²) in [6.45, 7) is 6.63. The summed E-state index contributed by atoms with van der Waals surface area (Å²) < 4.78 is 2.03. The topological polar surface area (TPSA) is 56.7 Å². The third kappa shape index (κ3) is 6.88. The van der Waals surface area contributed by atoms with Crippen LogP contribution in [0.2, 0.25) is 0 Å². The summed E-state index contributed by atoms with van der Waals surface area (Å²) in [5.74, 6) is 0. The van der Waals surface area contributed by atoms with E-state index < -0.39 is 5.66 Å². The van der Waals surface area contributed by atoms with Crippen LogP contribution in [0.5, 0.6) is 0 Å². The van der Waals surface area contributed by atoms with Gasteiger partial charge in [0.05, 0.1) is 5.52 Å². The van der Waals surface area contributed by atoms with Crippen molar-refractivity contribution in [2.24, 2.45) is 5.73 Å². The Morgan fingerprint density at radius 1 is 0.821 bits per heavy atom. The number of nitrogens with zero attached hydrogens (tertiary/aromatic N) is 3. The van der Waals surface area contributed by atoms with Crippen molar-refractivity contribution in [2.45, 2.75) is 116 Å². The molecule has 0 saturated carbocycles. The quantitative estimate of drug-likeness (QED) is 0.340. The summed E-state index contributed by atoms with van der Waals surface area (Å²) in [5, 5.41) is 8.92. The molecule has 0 aliphatic rings. The van der Waals surface area contributed by atoms with Gasteiger partial charge in [-0.1, -0.05) is 89.3 Å². The van der Waals surface area contributed by atoms with Crippen LogP contribution in [0.25, 0.3) is 11.0 Å². The van der Waals surface area contributed by atoms with Gasteiger partial charge in [0.15, 0.2) is 0 Å². The van der Waals surface area contributed by atoms with E-state index in [0.717, 1.165) is 23.9 Å². The average Bonchev–Trinajstić information content (AvgIpc) is 3.11. The van der Waals surface area contributed by atoms with E-state index in [2.05, 4.69) is 49.3 Å². The van der Waals surface area contributed by atoms with E-state index in [0.29, 0.717) is 0 Å². The number of unbranched alkanes of at least 4 members (excludes halogenated alkanes) is 10. The van der Waals surface area contributed by atoms with Crippen molar-refractivity contribution < 1.29 is 0 Å². The first-order valence-electron chi connectivity index (χ1n) is 11.7. The Morgan fingerprint density at radius 2 is 1.36 bits per heavy atom. The lowest BCUT2D eigenvalue weighted by molar-refractivity contribution is 0.212. The lowest BCUT2D eigenvalue weighted by Crippen LogP contribution is -2.44. The molecule has 0 atom stereocenters. The Bertz CT molecular complexity index is 660.